The molecule has 0 bridgehead atoms. The van der Waals surface area contributed by atoms with Crippen LogP contribution in [0.5, 0.6) is 0 Å². The van der Waals surface area contributed by atoms with Crippen LogP contribution < -0.4 is 5.32 Å². The third-order valence-electron chi connectivity index (χ3n) is 1.85. The lowest BCUT2D eigenvalue weighted by Crippen LogP contribution is -2.32. The largest absolute Gasteiger partial charge is 0.313 e. The Morgan fingerprint density at radius 2 is 2.07 bits per heavy atom. The summed E-state index contributed by atoms with van der Waals surface area (Å²) in [6.45, 7) is 13.9. The van der Waals surface area contributed by atoms with Crippen LogP contribution in [-0.2, 0) is 0 Å². The van der Waals surface area contributed by atoms with Gasteiger partial charge in [0, 0.05) is 16.5 Å². The van der Waals surface area contributed by atoms with Crippen molar-refractivity contribution in [2.45, 2.75) is 51.3 Å². The summed E-state index contributed by atoms with van der Waals surface area (Å²) in [4.78, 5) is 0. The minimum absolute atomic E-state index is 0.368. The lowest BCUT2D eigenvalue weighted by Gasteiger charge is -2.23. The molecule has 0 spiro atoms. The second-order valence-corrected chi connectivity index (χ2v) is 6.45. The highest BCUT2D eigenvalue weighted by molar-refractivity contribution is 8.00. The monoisotopic (exact) mass is 215 g/mol. The average molecular weight is 215 g/mol. The van der Waals surface area contributed by atoms with Crippen LogP contribution in [0, 0.1) is 0 Å². The van der Waals surface area contributed by atoms with Crippen LogP contribution in [0.15, 0.2) is 12.7 Å². The molecule has 0 saturated carbocycles. The molecule has 2 heteroatoms. The van der Waals surface area contributed by atoms with Gasteiger partial charge in [-0.05, 0) is 19.4 Å². The summed E-state index contributed by atoms with van der Waals surface area (Å²) in [6.07, 6.45) is 4.29. The molecular formula is C12H25NS. The standard InChI is InChI=1S/C12H25NS/c1-6-8-11(13-9-7-2)10-14-12(3,4)5/h6,11,13H,1,7-10H2,2-5H3. The van der Waals surface area contributed by atoms with Crippen LogP contribution in [-0.4, -0.2) is 23.1 Å². The van der Waals surface area contributed by atoms with Gasteiger partial charge in [-0.2, -0.15) is 11.8 Å². The van der Waals surface area contributed by atoms with Crippen LogP contribution in [0.3, 0.4) is 0 Å². The van der Waals surface area contributed by atoms with Crippen molar-refractivity contribution in [3.63, 3.8) is 0 Å². The van der Waals surface area contributed by atoms with E-state index in [0.717, 1.165) is 13.0 Å². The number of hydrogen-bond acceptors (Lipinski definition) is 2. The molecule has 0 aromatic rings. The maximum atomic E-state index is 3.80. The fourth-order valence-corrected chi connectivity index (χ4v) is 2.07. The maximum Gasteiger partial charge on any atom is 0.0192 e. The Morgan fingerprint density at radius 1 is 1.43 bits per heavy atom. The SMILES string of the molecule is C=CCC(CSC(C)(C)C)NCCC. The average Bonchev–Trinajstić information content (AvgIpc) is 2.08. The van der Waals surface area contributed by atoms with E-state index in [1.807, 2.05) is 17.8 Å². The van der Waals surface area contributed by atoms with E-state index in [0.29, 0.717) is 10.8 Å². The van der Waals surface area contributed by atoms with Crippen LogP contribution in [0.4, 0.5) is 0 Å². The topological polar surface area (TPSA) is 12.0 Å². The van der Waals surface area contributed by atoms with Crippen molar-refractivity contribution in [3.05, 3.63) is 12.7 Å². The first-order chi connectivity index (χ1) is 6.49. The number of thioether (sulfide) groups is 1. The molecule has 0 rings (SSSR count). The van der Waals surface area contributed by atoms with Gasteiger partial charge in [-0.1, -0.05) is 33.8 Å². The smallest absolute Gasteiger partial charge is 0.0192 e. The van der Waals surface area contributed by atoms with E-state index >= 15 is 0 Å². The number of rotatable bonds is 7. The molecule has 0 aliphatic rings. The molecule has 0 radical (unpaired) electrons. The van der Waals surface area contributed by atoms with Crippen LogP contribution >= 0.6 is 11.8 Å². The van der Waals surface area contributed by atoms with Gasteiger partial charge < -0.3 is 5.32 Å². The Bertz CT molecular complexity index is 149. The number of hydrogen-bond donors (Lipinski definition) is 1. The van der Waals surface area contributed by atoms with Gasteiger partial charge in [0.2, 0.25) is 0 Å². The van der Waals surface area contributed by atoms with E-state index in [1.165, 1.54) is 12.2 Å². The van der Waals surface area contributed by atoms with Gasteiger partial charge in [-0.3, -0.25) is 0 Å². The second-order valence-electron chi connectivity index (χ2n) is 4.60. The zero-order valence-electron chi connectivity index (χ0n) is 10.1. The van der Waals surface area contributed by atoms with Crippen molar-refractivity contribution in [1.82, 2.24) is 5.32 Å². The first-order valence-electron chi connectivity index (χ1n) is 5.48. The van der Waals surface area contributed by atoms with E-state index in [1.54, 1.807) is 0 Å². The van der Waals surface area contributed by atoms with Crippen molar-refractivity contribution < 1.29 is 0 Å². The maximum absolute atomic E-state index is 3.80. The quantitative estimate of drug-likeness (QED) is 0.653. The highest BCUT2D eigenvalue weighted by atomic mass is 32.2. The molecule has 1 atom stereocenters. The molecule has 1 N–H and O–H groups in total. The van der Waals surface area contributed by atoms with Crippen LogP contribution in [0.25, 0.3) is 0 Å². The molecule has 1 nitrogen and oxygen atoms in total. The van der Waals surface area contributed by atoms with Crippen LogP contribution in [0.2, 0.25) is 0 Å². The summed E-state index contributed by atoms with van der Waals surface area (Å²) in [5.74, 6) is 1.18. The Hall–Kier alpha value is 0.0500. The summed E-state index contributed by atoms with van der Waals surface area (Å²) in [5.41, 5.74) is 0. The van der Waals surface area contributed by atoms with Gasteiger partial charge >= 0.3 is 0 Å². The Balaban J connectivity index is 3.77. The van der Waals surface area contributed by atoms with Gasteiger partial charge in [0.15, 0.2) is 0 Å². The molecule has 0 saturated heterocycles. The predicted molar refractivity (Wildman–Crippen MR) is 69.1 cm³/mol. The minimum atomic E-state index is 0.368. The highest BCUT2D eigenvalue weighted by Gasteiger charge is 2.14. The molecule has 1 unspecified atom stereocenters. The van der Waals surface area contributed by atoms with Crippen molar-refractivity contribution in [2.24, 2.45) is 0 Å². The van der Waals surface area contributed by atoms with Crippen LogP contribution in [0.1, 0.15) is 40.5 Å². The van der Waals surface area contributed by atoms with E-state index < -0.39 is 0 Å². The van der Waals surface area contributed by atoms with Gasteiger partial charge in [0.1, 0.15) is 0 Å². The van der Waals surface area contributed by atoms with Crippen molar-refractivity contribution >= 4 is 11.8 Å². The van der Waals surface area contributed by atoms with E-state index in [2.05, 4.69) is 39.6 Å². The number of nitrogens with one attached hydrogen (secondary N) is 1. The second kappa shape index (κ2) is 7.36. The molecule has 14 heavy (non-hydrogen) atoms. The fraction of sp³-hybridized carbons (Fsp3) is 0.833. The molecule has 0 heterocycles. The fourth-order valence-electron chi connectivity index (χ4n) is 1.11. The normalized spacial score (nSPS) is 14.0. The van der Waals surface area contributed by atoms with E-state index in [4.69, 9.17) is 0 Å². The van der Waals surface area contributed by atoms with E-state index in [-0.39, 0.29) is 0 Å². The zero-order chi connectivity index (χ0) is 11.0. The summed E-state index contributed by atoms with van der Waals surface area (Å²) < 4.78 is 0.368. The summed E-state index contributed by atoms with van der Waals surface area (Å²) in [7, 11) is 0. The summed E-state index contributed by atoms with van der Waals surface area (Å²) in [6, 6.07) is 0.594. The highest BCUT2D eigenvalue weighted by Crippen LogP contribution is 2.24. The lowest BCUT2D eigenvalue weighted by atomic mass is 10.2. The van der Waals surface area contributed by atoms with Crippen molar-refractivity contribution in [3.8, 4) is 0 Å². The van der Waals surface area contributed by atoms with Gasteiger partial charge in [0.05, 0.1) is 0 Å². The Morgan fingerprint density at radius 3 is 2.50 bits per heavy atom. The summed E-state index contributed by atoms with van der Waals surface area (Å²) >= 11 is 2.02. The van der Waals surface area contributed by atoms with Crippen molar-refractivity contribution in [1.29, 1.82) is 0 Å². The molecule has 84 valence electrons. The minimum Gasteiger partial charge on any atom is -0.313 e. The Labute approximate surface area is 93.7 Å². The molecule has 0 aliphatic heterocycles. The van der Waals surface area contributed by atoms with Gasteiger partial charge in [-0.15, -0.1) is 6.58 Å². The van der Waals surface area contributed by atoms with E-state index in [9.17, 15) is 0 Å². The zero-order valence-corrected chi connectivity index (χ0v) is 10.9. The third kappa shape index (κ3) is 8.64. The first kappa shape index (κ1) is 14.1. The third-order valence-corrected chi connectivity index (χ3v) is 3.29. The molecule has 0 aliphatic carbocycles. The van der Waals surface area contributed by atoms with Gasteiger partial charge in [0.25, 0.3) is 0 Å². The summed E-state index contributed by atoms with van der Waals surface area (Å²) in [5, 5.41) is 3.55. The predicted octanol–water partition coefficient (Wildman–Crippen LogP) is 3.46. The molecule has 0 amide bonds. The first-order valence-corrected chi connectivity index (χ1v) is 6.46. The molecule has 0 fully saturated rings. The molecule has 0 aromatic carbocycles. The molecule has 0 aromatic heterocycles. The van der Waals surface area contributed by atoms with Gasteiger partial charge in [-0.25, -0.2) is 0 Å². The lowest BCUT2D eigenvalue weighted by molar-refractivity contribution is 0.556. The molecular weight excluding hydrogens is 190 g/mol. The van der Waals surface area contributed by atoms with Crippen molar-refractivity contribution in [2.75, 3.05) is 12.3 Å². The Kier molecular flexibility index (Phi) is 7.38.